The van der Waals surface area contributed by atoms with Gasteiger partial charge in [-0.1, -0.05) is 53.6 Å². The number of benzene rings is 2. The van der Waals surface area contributed by atoms with E-state index in [9.17, 15) is 9.18 Å². The van der Waals surface area contributed by atoms with Gasteiger partial charge in [0.05, 0.1) is 36.4 Å². The maximum atomic E-state index is 13.3. The van der Waals surface area contributed by atoms with Crippen LogP contribution in [0.3, 0.4) is 0 Å². The average molecular weight is 568 g/mol. The fraction of sp³-hybridized carbons (Fsp3) is 0.172. The van der Waals surface area contributed by atoms with Crippen LogP contribution < -0.4 is 16.0 Å². The van der Waals surface area contributed by atoms with Crippen molar-refractivity contribution in [2.24, 2.45) is 4.99 Å². The molecule has 2 aromatic heterocycles. The number of morpholine rings is 1. The van der Waals surface area contributed by atoms with Crippen LogP contribution in [-0.4, -0.2) is 70.0 Å². The summed E-state index contributed by atoms with van der Waals surface area (Å²) in [6.07, 6.45) is 1.49. The number of carbonyl (C=O) groups excluding carboxylic acids is 1. The molecule has 2 aromatic carbocycles. The molecule has 2 aliphatic rings. The van der Waals surface area contributed by atoms with Crippen LogP contribution in [0.2, 0.25) is 0 Å². The van der Waals surface area contributed by atoms with Crippen LogP contribution in [0.5, 0.6) is 0 Å². The van der Waals surface area contributed by atoms with E-state index in [0.717, 1.165) is 17.3 Å². The van der Waals surface area contributed by atoms with Gasteiger partial charge in [-0.25, -0.2) is 14.4 Å². The molecule has 2 aliphatic heterocycles. The second-order valence-corrected chi connectivity index (χ2v) is 9.35. The zero-order chi connectivity index (χ0) is 28.9. The number of aromatic nitrogens is 3. The second kappa shape index (κ2) is 12.0. The zero-order valence-corrected chi connectivity index (χ0v) is 22.3. The molecular weight excluding hydrogens is 541 g/mol. The number of nitrogens with one attached hydrogen (secondary N) is 4. The van der Waals surface area contributed by atoms with Gasteiger partial charge in [0.25, 0.3) is 11.8 Å². The normalized spacial score (nSPS) is 17.0. The molecule has 212 valence electrons. The molecule has 4 N–H and O–H groups in total. The summed E-state index contributed by atoms with van der Waals surface area (Å²) < 4.78 is 24.7. The predicted molar refractivity (Wildman–Crippen MR) is 155 cm³/mol. The molecule has 1 amide bonds. The molecule has 1 fully saturated rings. The SMILES string of the molecule is N=C(/C(=C\Nc1ccc(F)cn1)c1nnc(N[C@H]2N=C(c3ccccc3)c3ccccc3NC2=O)o1)N1CCOCC1. The van der Waals surface area contributed by atoms with Gasteiger partial charge < -0.3 is 30.0 Å². The fourth-order valence-corrected chi connectivity index (χ4v) is 4.48. The molecular formula is C29H26FN9O3. The predicted octanol–water partition coefficient (Wildman–Crippen LogP) is 3.59. The maximum absolute atomic E-state index is 13.3. The standard InChI is InChI=1S/C29H26FN9O3/c30-19-10-11-23(32-16-19)33-17-21(25(31)39-12-14-41-15-13-39)28-37-38-29(42-28)36-26-27(40)34-22-9-5-4-8-20(22)24(35-26)18-6-2-1-3-7-18/h1-11,16-17,26,31H,12-15H2,(H,32,33)(H,34,40)(H,36,38)/b21-17+,31-25?/t26-/m1/s1. The number of hydrogen-bond acceptors (Lipinski definition) is 10. The highest BCUT2D eigenvalue weighted by Crippen LogP contribution is 2.26. The number of para-hydroxylation sites is 1. The van der Waals surface area contributed by atoms with Crippen LogP contribution in [-0.2, 0) is 9.53 Å². The Balaban J connectivity index is 1.30. The smallest absolute Gasteiger partial charge is 0.317 e. The van der Waals surface area contributed by atoms with Crippen LogP contribution in [0.4, 0.5) is 21.9 Å². The Hall–Kier alpha value is -5.43. The number of aliphatic imine (C=N–C) groups is 1. The number of halogens is 1. The quantitative estimate of drug-likeness (QED) is 0.194. The fourth-order valence-electron chi connectivity index (χ4n) is 4.48. The van der Waals surface area contributed by atoms with Gasteiger partial charge in [0.1, 0.15) is 17.5 Å². The van der Waals surface area contributed by atoms with Gasteiger partial charge in [0.15, 0.2) is 0 Å². The number of pyridine rings is 1. The van der Waals surface area contributed by atoms with Gasteiger partial charge in [-0.05, 0) is 18.2 Å². The number of benzodiazepines with no additional fused rings is 1. The molecule has 4 aromatic rings. The number of amidine groups is 1. The summed E-state index contributed by atoms with van der Waals surface area (Å²) >= 11 is 0. The molecule has 6 rings (SSSR count). The van der Waals surface area contributed by atoms with Gasteiger partial charge in [0.2, 0.25) is 6.17 Å². The molecule has 0 unspecified atom stereocenters. The van der Waals surface area contributed by atoms with Crippen molar-refractivity contribution >= 4 is 40.5 Å². The maximum Gasteiger partial charge on any atom is 0.317 e. The summed E-state index contributed by atoms with van der Waals surface area (Å²) in [7, 11) is 0. The van der Waals surface area contributed by atoms with Crippen LogP contribution in [0, 0.1) is 11.2 Å². The molecule has 0 aliphatic carbocycles. The number of ether oxygens (including phenoxy) is 1. The Kier molecular flexibility index (Phi) is 7.64. The molecule has 13 heteroatoms. The van der Waals surface area contributed by atoms with Gasteiger partial charge in [-0.15, -0.1) is 5.10 Å². The van der Waals surface area contributed by atoms with Crippen LogP contribution in [0.25, 0.3) is 5.57 Å². The van der Waals surface area contributed by atoms with Gasteiger partial charge in [-0.2, -0.15) is 0 Å². The van der Waals surface area contributed by atoms with Crippen molar-refractivity contribution in [3.63, 3.8) is 0 Å². The van der Waals surface area contributed by atoms with Crippen LogP contribution in [0.15, 0.2) is 88.5 Å². The summed E-state index contributed by atoms with van der Waals surface area (Å²) in [5.41, 5.74) is 3.13. The lowest BCUT2D eigenvalue weighted by Crippen LogP contribution is -2.40. The molecule has 42 heavy (non-hydrogen) atoms. The first kappa shape index (κ1) is 26.8. The van der Waals surface area contributed by atoms with Crippen molar-refractivity contribution in [3.05, 3.63) is 102 Å². The first-order valence-electron chi connectivity index (χ1n) is 13.2. The third-order valence-electron chi connectivity index (χ3n) is 6.58. The number of carbonyl (C=O) groups is 1. The summed E-state index contributed by atoms with van der Waals surface area (Å²) in [4.78, 5) is 23.8. The van der Waals surface area contributed by atoms with E-state index >= 15 is 0 Å². The molecule has 12 nitrogen and oxygen atoms in total. The summed E-state index contributed by atoms with van der Waals surface area (Å²) in [5.74, 6) is -0.376. The molecule has 0 saturated carbocycles. The summed E-state index contributed by atoms with van der Waals surface area (Å²) in [6.45, 7) is 1.95. The molecule has 0 bridgehead atoms. The van der Waals surface area contributed by atoms with E-state index in [-0.39, 0.29) is 23.3 Å². The average Bonchev–Trinajstić information content (AvgIpc) is 3.44. The van der Waals surface area contributed by atoms with Crippen molar-refractivity contribution < 1.29 is 18.3 Å². The van der Waals surface area contributed by atoms with Gasteiger partial charge >= 0.3 is 6.01 Å². The lowest BCUT2D eigenvalue weighted by atomic mass is 10.0. The summed E-state index contributed by atoms with van der Waals surface area (Å²) in [5, 5.41) is 25.9. The van der Waals surface area contributed by atoms with E-state index in [0.29, 0.717) is 43.5 Å². The number of fused-ring (bicyclic) bond motifs is 1. The molecule has 1 atom stereocenters. The van der Waals surface area contributed by atoms with Crippen molar-refractivity contribution in [3.8, 4) is 0 Å². The number of anilines is 3. The molecule has 4 heterocycles. The molecule has 0 radical (unpaired) electrons. The van der Waals surface area contributed by atoms with E-state index in [1.165, 1.54) is 18.3 Å². The van der Waals surface area contributed by atoms with E-state index in [2.05, 4.69) is 31.1 Å². The second-order valence-electron chi connectivity index (χ2n) is 9.35. The number of nitrogens with zero attached hydrogens (tertiary/aromatic N) is 5. The number of amides is 1. The lowest BCUT2D eigenvalue weighted by molar-refractivity contribution is -0.116. The Labute approximate surface area is 239 Å². The third kappa shape index (κ3) is 5.86. The first-order chi connectivity index (χ1) is 20.5. The Bertz CT molecular complexity index is 1650. The molecule has 1 saturated heterocycles. The number of rotatable bonds is 7. The van der Waals surface area contributed by atoms with Crippen molar-refractivity contribution in [2.45, 2.75) is 6.17 Å². The van der Waals surface area contributed by atoms with Gasteiger partial charge in [-0.3, -0.25) is 10.2 Å². The van der Waals surface area contributed by atoms with E-state index in [1.807, 2.05) is 59.5 Å². The van der Waals surface area contributed by atoms with Crippen LogP contribution in [0.1, 0.15) is 17.0 Å². The topological polar surface area (TPSA) is 154 Å². The highest BCUT2D eigenvalue weighted by molar-refractivity contribution is 6.20. The van der Waals surface area contributed by atoms with Crippen molar-refractivity contribution in [1.82, 2.24) is 20.1 Å². The first-order valence-corrected chi connectivity index (χ1v) is 13.2. The largest absolute Gasteiger partial charge is 0.403 e. The van der Waals surface area contributed by atoms with Crippen molar-refractivity contribution in [2.75, 3.05) is 42.3 Å². The number of hydrogen-bond donors (Lipinski definition) is 4. The summed E-state index contributed by atoms with van der Waals surface area (Å²) in [6, 6.07) is 19.7. The third-order valence-corrected chi connectivity index (χ3v) is 6.58. The Morgan fingerprint density at radius 3 is 2.62 bits per heavy atom. The van der Waals surface area contributed by atoms with Gasteiger partial charge in [0, 0.05) is 30.4 Å². The molecule has 0 spiro atoms. The van der Waals surface area contributed by atoms with E-state index in [1.54, 1.807) is 0 Å². The minimum Gasteiger partial charge on any atom is -0.403 e. The van der Waals surface area contributed by atoms with Crippen LogP contribution >= 0.6 is 0 Å². The lowest BCUT2D eigenvalue weighted by Gasteiger charge is -2.29. The Morgan fingerprint density at radius 2 is 1.83 bits per heavy atom. The van der Waals surface area contributed by atoms with E-state index < -0.39 is 17.9 Å². The highest BCUT2D eigenvalue weighted by atomic mass is 19.1. The monoisotopic (exact) mass is 567 g/mol. The zero-order valence-electron chi connectivity index (χ0n) is 22.3. The Morgan fingerprint density at radius 1 is 1.05 bits per heavy atom. The highest BCUT2D eigenvalue weighted by Gasteiger charge is 2.28. The van der Waals surface area contributed by atoms with E-state index in [4.69, 9.17) is 19.6 Å². The van der Waals surface area contributed by atoms with Crippen molar-refractivity contribution in [1.29, 1.82) is 5.41 Å². The minimum absolute atomic E-state index is 0.0215. The minimum atomic E-state index is -1.09.